The highest BCUT2D eigenvalue weighted by atomic mass is 79.9. The van der Waals surface area contributed by atoms with Crippen LogP contribution in [0.25, 0.3) is 0 Å². The van der Waals surface area contributed by atoms with Crippen LogP contribution in [0.1, 0.15) is 27.9 Å². The van der Waals surface area contributed by atoms with Crippen molar-refractivity contribution < 1.29 is 14.4 Å². The maximum atomic E-state index is 13.8. The van der Waals surface area contributed by atoms with E-state index in [2.05, 4.69) is 28.1 Å². The molecule has 2 aromatic carbocycles. The molecule has 6 unspecified atom stereocenters. The van der Waals surface area contributed by atoms with Crippen LogP contribution in [0.5, 0.6) is 0 Å². The first-order valence-electron chi connectivity index (χ1n) is 11.6. The number of anilines is 1. The Hall–Kier alpha value is -2.44. The van der Waals surface area contributed by atoms with E-state index in [0.717, 1.165) is 22.0 Å². The lowest BCUT2D eigenvalue weighted by atomic mass is 9.63. The summed E-state index contributed by atoms with van der Waals surface area (Å²) in [6.07, 6.45) is 5.43. The van der Waals surface area contributed by atoms with Crippen LogP contribution in [-0.4, -0.2) is 29.3 Å². The summed E-state index contributed by atoms with van der Waals surface area (Å²) < 4.78 is 0.961. The number of carbonyl (C=O) groups is 3. The van der Waals surface area contributed by atoms with Crippen LogP contribution >= 0.6 is 27.5 Å². The highest BCUT2D eigenvalue weighted by Crippen LogP contribution is 2.65. The third-order valence-corrected chi connectivity index (χ3v) is 9.70. The fourth-order valence-corrected chi connectivity index (χ4v) is 6.87. The molecule has 174 valence electrons. The summed E-state index contributed by atoms with van der Waals surface area (Å²) in [5, 5.41) is 0.332. The van der Waals surface area contributed by atoms with Crippen LogP contribution in [0.2, 0.25) is 5.02 Å². The molecule has 0 aromatic heterocycles. The van der Waals surface area contributed by atoms with Gasteiger partial charge in [0, 0.05) is 10.2 Å². The zero-order valence-corrected chi connectivity index (χ0v) is 21.2. The third kappa shape index (κ3) is 3.14. The Morgan fingerprint density at radius 2 is 1.59 bits per heavy atom. The normalized spacial score (nSPS) is 30.4. The predicted octanol–water partition coefficient (Wildman–Crippen LogP) is 5.38. The molecule has 0 radical (unpaired) electrons. The zero-order chi connectivity index (χ0) is 23.9. The van der Waals surface area contributed by atoms with Gasteiger partial charge in [-0.05, 0) is 79.3 Å². The Bertz CT molecular complexity index is 1230. The number of imide groups is 1. The molecule has 4 aliphatic carbocycles. The van der Waals surface area contributed by atoms with Gasteiger partial charge in [0.2, 0.25) is 11.8 Å². The van der Waals surface area contributed by atoms with E-state index in [1.165, 1.54) is 9.80 Å². The lowest BCUT2D eigenvalue weighted by Crippen LogP contribution is -2.45. The van der Waals surface area contributed by atoms with Crippen LogP contribution in [0, 0.1) is 49.4 Å². The molecule has 2 saturated carbocycles. The molecule has 3 fully saturated rings. The first-order chi connectivity index (χ1) is 16.3. The van der Waals surface area contributed by atoms with Gasteiger partial charge in [-0.15, -0.1) is 0 Å². The van der Waals surface area contributed by atoms with Crippen molar-refractivity contribution in [2.45, 2.75) is 20.3 Å². The van der Waals surface area contributed by atoms with E-state index in [-0.39, 0.29) is 48.1 Å². The third-order valence-electron chi connectivity index (χ3n) is 8.12. The molecule has 0 spiro atoms. The highest BCUT2D eigenvalue weighted by Gasteiger charge is 2.67. The number of nitrogens with zero attached hydrogens (tertiary/aromatic N) is 2. The minimum atomic E-state index is -0.342. The molecule has 6 atom stereocenters. The van der Waals surface area contributed by atoms with Gasteiger partial charge in [-0.3, -0.25) is 24.2 Å². The first-order valence-corrected chi connectivity index (χ1v) is 12.8. The molecule has 3 amide bonds. The van der Waals surface area contributed by atoms with E-state index >= 15 is 0 Å². The number of aryl methyl sites for hydroxylation is 2. The van der Waals surface area contributed by atoms with Crippen molar-refractivity contribution in [3.8, 4) is 0 Å². The largest absolute Gasteiger partial charge is 0.289 e. The van der Waals surface area contributed by atoms with Gasteiger partial charge in [0.15, 0.2) is 0 Å². The van der Waals surface area contributed by atoms with E-state index < -0.39 is 0 Å². The SMILES string of the molecule is Cc1cc(N(CN2C(=O)C3C4C=CC(C5CC45)C3C2=O)C(=O)c2ccccc2Cl)cc(C)c1Br. The molecule has 0 N–H and O–H groups in total. The smallest absolute Gasteiger partial charge is 0.261 e. The molecule has 1 saturated heterocycles. The molecular weight excluding hydrogens is 516 g/mol. The van der Waals surface area contributed by atoms with Crippen molar-refractivity contribution in [3.05, 3.63) is 74.7 Å². The molecule has 34 heavy (non-hydrogen) atoms. The fraction of sp³-hybridized carbons (Fsp3) is 0.370. The van der Waals surface area contributed by atoms with Crippen LogP contribution in [0.4, 0.5) is 5.69 Å². The summed E-state index contributed by atoms with van der Waals surface area (Å²) in [5.41, 5.74) is 2.88. The van der Waals surface area contributed by atoms with Crippen molar-refractivity contribution in [1.29, 1.82) is 0 Å². The minimum Gasteiger partial charge on any atom is -0.289 e. The standard InChI is InChI=1S/C27H24BrClN2O3/c1-13-9-15(10-14(2)24(13)28)30(25(32)18-5-3-4-6-21(18)29)12-31-26(33)22-16-7-8-17(20-11-19(16)20)23(22)27(31)34/h3-10,16-17,19-20,22-23H,11-12H2,1-2H3. The number of carbonyl (C=O) groups excluding carboxylic acids is 3. The molecule has 1 aliphatic heterocycles. The summed E-state index contributed by atoms with van der Waals surface area (Å²) >= 11 is 9.95. The fourth-order valence-electron chi connectivity index (χ4n) is 6.42. The second kappa shape index (κ2) is 7.79. The first kappa shape index (κ1) is 22.1. The summed E-state index contributed by atoms with van der Waals surface area (Å²) in [5.74, 6) is 0.123. The average molecular weight is 540 g/mol. The average Bonchev–Trinajstić information content (AvgIpc) is 3.60. The number of allylic oxidation sites excluding steroid dienone is 2. The minimum absolute atomic E-state index is 0.121. The summed E-state index contributed by atoms with van der Waals surface area (Å²) in [6.45, 7) is 3.79. The Kier molecular flexibility index (Phi) is 5.05. The molecule has 1 heterocycles. The second-order valence-electron chi connectivity index (χ2n) is 10.0. The molecule has 7 heteroatoms. The van der Waals surface area contributed by atoms with Crippen molar-refractivity contribution in [3.63, 3.8) is 0 Å². The maximum absolute atomic E-state index is 13.8. The van der Waals surface area contributed by atoms with E-state index in [4.69, 9.17) is 11.6 Å². The number of amides is 3. The summed E-state index contributed by atoms with van der Waals surface area (Å²) in [7, 11) is 0. The number of rotatable bonds is 4. The van der Waals surface area contributed by atoms with Crippen LogP contribution < -0.4 is 4.90 Å². The molecular formula is C27H24BrClN2O3. The second-order valence-corrected chi connectivity index (χ2v) is 11.2. The molecule has 5 nitrogen and oxygen atoms in total. The van der Waals surface area contributed by atoms with Crippen LogP contribution in [0.15, 0.2) is 53.0 Å². The summed E-state index contributed by atoms with van der Waals surface area (Å²) in [6, 6.07) is 10.6. The van der Waals surface area contributed by atoms with Gasteiger partial charge in [-0.1, -0.05) is 51.8 Å². The topological polar surface area (TPSA) is 57.7 Å². The maximum Gasteiger partial charge on any atom is 0.261 e. The van der Waals surface area contributed by atoms with Crippen molar-refractivity contribution >= 4 is 50.9 Å². The van der Waals surface area contributed by atoms with E-state index in [1.54, 1.807) is 24.3 Å². The highest BCUT2D eigenvalue weighted by molar-refractivity contribution is 9.10. The Balaban J connectivity index is 1.39. The quantitative estimate of drug-likeness (QED) is 0.387. The Morgan fingerprint density at radius 1 is 1.03 bits per heavy atom. The van der Waals surface area contributed by atoms with E-state index in [1.807, 2.05) is 26.0 Å². The van der Waals surface area contributed by atoms with Crippen molar-refractivity contribution in [2.75, 3.05) is 11.6 Å². The summed E-state index contributed by atoms with van der Waals surface area (Å²) in [4.78, 5) is 43.8. The van der Waals surface area contributed by atoms with Gasteiger partial charge in [0.1, 0.15) is 6.67 Å². The Morgan fingerprint density at radius 3 is 2.15 bits per heavy atom. The van der Waals surface area contributed by atoms with Gasteiger partial charge in [-0.2, -0.15) is 0 Å². The predicted molar refractivity (Wildman–Crippen MR) is 133 cm³/mol. The molecule has 2 bridgehead atoms. The number of benzene rings is 2. The molecule has 5 aliphatic rings. The van der Waals surface area contributed by atoms with Crippen molar-refractivity contribution in [2.24, 2.45) is 35.5 Å². The number of hydrogen-bond donors (Lipinski definition) is 0. The molecule has 7 rings (SSSR count). The van der Waals surface area contributed by atoms with Crippen LogP contribution in [-0.2, 0) is 9.59 Å². The van der Waals surface area contributed by atoms with Gasteiger partial charge < -0.3 is 0 Å². The molecule has 2 aromatic rings. The van der Waals surface area contributed by atoms with Gasteiger partial charge >= 0.3 is 0 Å². The van der Waals surface area contributed by atoms with Gasteiger partial charge in [0.25, 0.3) is 5.91 Å². The number of hydrogen-bond acceptors (Lipinski definition) is 3. The number of halogens is 2. The zero-order valence-electron chi connectivity index (χ0n) is 18.9. The van der Waals surface area contributed by atoms with E-state index in [9.17, 15) is 14.4 Å². The van der Waals surface area contributed by atoms with Gasteiger partial charge in [-0.25, -0.2) is 0 Å². The van der Waals surface area contributed by atoms with Crippen molar-refractivity contribution in [1.82, 2.24) is 4.90 Å². The lowest BCUT2D eigenvalue weighted by molar-refractivity contribution is -0.140. The monoisotopic (exact) mass is 538 g/mol. The Labute approximate surface area is 211 Å². The van der Waals surface area contributed by atoms with Gasteiger partial charge in [0.05, 0.1) is 22.4 Å². The number of likely N-dealkylation sites (tertiary alicyclic amines) is 1. The lowest BCUT2D eigenvalue weighted by Gasteiger charge is -2.37. The van der Waals surface area contributed by atoms with Crippen LogP contribution in [0.3, 0.4) is 0 Å². The van der Waals surface area contributed by atoms with E-state index in [0.29, 0.717) is 28.1 Å².